The van der Waals surface area contributed by atoms with Crippen LogP contribution in [0, 0.1) is 0 Å². The number of hydrogen-bond acceptors (Lipinski definition) is 10. The van der Waals surface area contributed by atoms with E-state index in [0.717, 1.165) is 12.1 Å². The van der Waals surface area contributed by atoms with Gasteiger partial charge in [-0.2, -0.15) is 0 Å². The number of Topliss-reactive ketones (excluding diaryl/α,β-unsaturated/α-hetero) is 2. The Morgan fingerprint density at radius 3 is 1.93 bits per heavy atom. The zero-order valence-corrected chi connectivity index (χ0v) is 20.7. The minimum atomic E-state index is -0.994. The first-order valence-electron chi connectivity index (χ1n) is 12.3. The number of phenols is 6. The number of rotatable bonds is 3. The van der Waals surface area contributed by atoms with Crippen LogP contribution in [0.3, 0.4) is 0 Å². The number of phenolic OH excluding ortho intramolecular Hbond substituents is 6. The Hall–Kier alpha value is -5.38. The van der Waals surface area contributed by atoms with Crippen LogP contribution in [-0.4, -0.2) is 42.2 Å². The highest BCUT2D eigenvalue weighted by Crippen LogP contribution is 2.50. The predicted octanol–water partition coefficient (Wildman–Crippen LogP) is 5.00. The molecule has 40 heavy (non-hydrogen) atoms. The molecule has 0 saturated heterocycles. The highest BCUT2D eigenvalue weighted by Gasteiger charge is 2.34. The molecule has 4 aromatic rings. The van der Waals surface area contributed by atoms with Gasteiger partial charge in [-0.3, -0.25) is 9.59 Å². The quantitative estimate of drug-likeness (QED) is 0.193. The summed E-state index contributed by atoms with van der Waals surface area (Å²) in [6, 6.07) is 13.7. The molecule has 2 heterocycles. The van der Waals surface area contributed by atoms with Crippen LogP contribution in [0.5, 0.6) is 46.0 Å². The molecule has 2 atom stereocenters. The maximum atomic E-state index is 13.1. The Bertz CT molecular complexity index is 1700. The summed E-state index contributed by atoms with van der Waals surface area (Å²) in [7, 11) is 0. The second-order valence-electron chi connectivity index (χ2n) is 9.67. The van der Waals surface area contributed by atoms with Gasteiger partial charge in [-0.15, -0.1) is 0 Å². The van der Waals surface area contributed by atoms with Gasteiger partial charge in [0, 0.05) is 17.2 Å². The number of ketones is 2. The molecule has 0 radical (unpaired) electrons. The summed E-state index contributed by atoms with van der Waals surface area (Å²) in [6.45, 7) is 0. The van der Waals surface area contributed by atoms with Crippen molar-refractivity contribution in [3.63, 3.8) is 0 Å². The van der Waals surface area contributed by atoms with Crippen LogP contribution in [0.2, 0.25) is 0 Å². The maximum absolute atomic E-state index is 13.1. The van der Waals surface area contributed by atoms with Crippen LogP contribution in [0.4, 0.5) is 0 Å². The van der Waals surface area contributed by atoms with E-state index in [1.807, 2.05) is 0 Å². The second kappa shape index (κ2) is 9.12. The van der Waals surface area contributed by atoms with Gasteiger partial charge in [-0.25, -0.2) is 0 Å². The first-order valence-corrected chi connectivity index (χ1v) is 12.3. The molecule has 0 amide bonds. The lowest BCUT2D eigenvalue weighted by molar-refractivity contribution is 0.0839. The molecule has 0 aliphatic carbocycles. The molecule has 0 unspecified atom stereocenters. The fraction of sp³-hybridized carbons (Fsp3) is 0.133. The number of carbonyl (C=O) groups excluding carboxylic acids is 2. The van der Waals surface area contributed by atoms with Crippen molar-refractivity contribution in [2.24, 2.45) is 0 Å². The van der Waals surface area contributed by atoms with Gasteiger partial charge in [0.1, 0.15) is 41.0 Å². The number of fused-ring (bicyclic) bond motifs is 2. The summed E-state index contributed by atoms with van der Waals surface area (Å²) < 4.78 is 12.1. The molecular formula is C30H22O10. The average molecular weight is 542 g/mol. The van der Waals surface area contributed by atoms with E-state index in [2.05, 4.69) is 0 Å². The van der Waals surface area contributed by atoms with E-state index in [4.69, 9.17) is 9.47 Å². The van der Waals surface area contributed by atoms with Crippen LogP contribution in [0.1, 0.15) is 56.9 Å². The molecule has 6 rings (SSSR count). The smallest absolute Gasteiger partial charge is 0.200 e. The Balaban J connectivity index is 1.43. The molecule has 202 valence electrons. The monoisotopic (exact) mass is 542 g/mol. The molecule has 0 bridgehead atoms. The summed E-state index contributed by atoms with van der Waals surface area (Å²) in [4.78, 5) is 25.9. The molecule has 0 aromatic heterocycles. The molecule has 6 N–H and O–H groups in total. The van der Waals surface area contributed by atoms with E-state index >= 15 is 0 Å². The summed E-state index contributed by atoms with van der Waals surface area (Å²) in [5.74, 6) is -2.89. The predicted molar refractivity (Wildman–Crippen MR) is 139 cm³/mol. The minimum Gasteiger partial charge on any atom is -0.508 e. The minimum absolute atomic E-state index is 0.00817. The number of aromatic hydroxyl groups is 6. The maximum Gasteiger partial charge on any atom is 0.200 e. The van der Waals surface area contributed by atoms with E-state index < -0.39 is 29.5 Å². The standard InChI is InChI=1S/C30H22O10/c31-15-2-3-16-21(34)11-25(39-27(16)10-15)13-1-5-19(32)18(7-13)28-20(33)6-4-17-22(35)12-26(40-30(17)28)14-8-23(36)29(38)24(37)9-14/h1-10,25-26,31-33,36-38H,11-12H2/t25-,26+/m0/s1. The summed E-state index contributed by atoms with van der Waals surface area (Å²) >= 11 is 0. The number of carbonyl (C=O) groups is 2. The molecular weight excluding hydrogens is 520 g/mol. The summed E-state index contributed by atoms with van der Waals surface area (Å²) in [5.41, 5.74) is 1.30. The molecule has 0 saturated carbocycles. The fourth-order valence-corrected chi connectivity index (χ4v) is 5.09. The third-order valence-corrected chi connectivity index (χ3v) is 7.10. The van der Waals surface area contributed by atoms with Gasteiger partial charge in [0.05, 0.1) is 29.5 Å². The van der Waals surface area contributed by atoms with Crippen molar-refractivity contribution in [3.8, 4) is 57.1 Å². The lowest BCUT2D eigenvalue weighted by atomic mass is 9.89. The second-order valence-corrected chi connectivity index (χ2v) is 9.67. The van der Waals surface area contributed by atoms with Crippen LogP contribution in [-0.2, 0) is 0 Å². The molecule has 10 heteroatoms. The highest BCUT2D eigenvalue weighted by atomic mass is 16.5. The van der Waals surface area contributed by atoms with Gasteiger partial charge in [0.15, 0.2) is 28.8 Å². The van der Waals surface area contributed by atoms with Crippen LogP contribution in [0.25, 0.3) is 11.1 Å². The van der Waals surface area contributed by atoms with Gasteiger partial charge >= 0.3 is 0 Å². The third-order valence-electron chi connectivity index (χ3n) is 7.10. The van der Waals surface area contributed by atoms with E-state index in [-0.39, 0.29) is 75.4 Å². The Morgan fingerprint density at radius 2 is 1.20 bits per heavy atom. The van der Waals surface area contributed by atoms with Crippen molar-refractivity contribution in [3.05, 3.63) is 82.9 Å². The van der Waals surface area contributed by atoms with E-state index in [1.165, 1.54) is 42.5 Å². The number of ether oxygens (including phenoxy) is 2. The lowest BCUT2D eigenvalue weighted by Gasteiger charge is -2.29. The van der Waals surface area contributed by atoms with Crippen molar-refractivity contribution < 1.29 is 49.7 Å². The van der Waals surface area contributed by atoms with Gasteiger partial charge in [-0.1, -0.05) is 6.07 Å². The lowest BCUT2D eigenvalue weighted by Crippen LogP contribution is -2.21. The average Bonchev–Trinajstić information content (AvgIpc) is 2.91. The van der Waals surface area contributed by atoms with Gasteiger partial charge in [0.2, 0.25) is 0 Å². The normalized spacial score (nSPS) is 17.9. The van der Waals surface area contributed by atoms with Gasteiger partial charge in [-0.05, 0) is 54.1 Å². The summed E-state index contributed by atoms with van der Waals surface area (Å²) in [5, 5.41) is 61.2. The topological polar surface area (TPSA) is 174 Å². The highest BCUT2D eigenvalue weighted by molar-refractivity contribution is 6.04. The SMILES string of the molecule is O=C1C[C@@H](c2ccc(O)c(-c3c(O)ccc4c3O[C@@H](c3cc(O)c(O)c(O)c3)CC4=O)c2)Oc2cc(O)ccc21. The number of benzene rings is 4. The van der Waals surface area contributed by atoms with Crippen molar-refractivity contribution >= 4 is 11.6 Å². The fourth-order valence-electron chi connectivity index (χ4n) is 5.09. The Morgan fingerprint density at radius 1 is 0.575 bits per heavy atom. The van der Waals surface area contributed by atoms with Crippen LogP contribution >= 0.6 is 0 Å². The van der Waals surface area contributed by atoms with Crippen molar-refractivity contribution in [1.29, 1.82) is 0 Å². The van der Waals surface area contributed by atoms with Gasteiger partial charge in [0.25, 0.3) is 0 Å². The van der Waals surface area contributed by atoms with E-state index in [9.17, 15) is 40.2 Å². The van der Waals surface area contributed by atoms with Crippen molar-refractivity contribution in [1.82, 2.24) is 0 Å². The van der Waals surface area contributed by atoms with Crippen LogP contribution < -0.4 is 9.47 Å². The van der Waals surface area contributed by atoms with Gasteiger partial charge < -0.3 is 40.1 Å². The first kappa shape index (κ1) is 24.9. The zero-order chi connectivity index (χ0) is 28.3. The molecule has 4 aromatic carbocycles. The Kier molecular flexibility index (Phi) is 5.69. The van der Waals surface area contributed by atoms with E-state index in [0.29, 0.717) is 11.1 Å². The zero-order valence-electron chi connectivity index (χ0n) is 20.7. The van der Waals surface area contributed by atoms with Crippen LogP contribution in [0.15, 0.2) is 60.7 Å². The van der Waals surface area contributed by atoms with Crippen molar-refractivity contribution in [2.75, 3.05) is 0 Å². The largest absolute Gasteiger partial charge is 0.508 e. The molecule has 0 fully saturated rings. The first-order chi connectivity index (χ1) is 19.1. The third kappa shape index (κ3) is 4.06. The Labute approximate surface area is 226 Å². The molecule has 2 aliphatic rings. The molecule has 10 nitrogen and oxygen atoms in total. The van der Waals surface area contributed by atoms with E-state index in [1.54, 1.807) is 6.07 Å². The number of hydrogen-bond donors (Lipinski definition) is 6. The molecule has 0 spiro atoms. The summed E-state index contributed by atoms with van der Waals surface area (Å²) in [6.07, 6.45) is -1.92. The van der Waals surface area contributed by atoms with Crippen molar-refractivity contribution in [2.45, 2.75) is 25.0 Å². The molecule has 2 aliphatic heterocycles.